The van der Waals surface area contributed by atoms with Crippen molar-refractivity contribution in [3.8, 4) is 6.07 Å². The zero-order valence-electron chi connectivity index (χ0n) is 49.7. The summed E-state index contributed by atoms with van der Waals surface area (Å²) < 4.78 is 35.7. The maximum atomic E-state index is 11.9. The fraction of sp³-hybridized carbons (Fsp3) is 0.948. The monoisotopic (exact) mass is 1020 g/mol. The van der Waals surface area contributed by atoms with Crippen LogP contribution in [0.2, 0.25) is 0 Å². The van der Waals surface area contributed by atoms with Crippen LogP contribution in [-0.2, 0) is 24.3 Å². The molecular weight excluding hydrogens is 909 g/mol. The summed E-state index contributed by atoms with van der Waals surface area (Å²) >= 11 is 0. The number of carbonyl (C=O) groups is 2. The first-order chi connectivity index (χ1) is 32.8. The minimum Gasteiger partial charge on any atom is -0.444 e. The van der Waals surface area contributed by atoms with E-state index in [1.807, 2.05) is 37.5 Å². The predicted octanol–water partition coefficient (Wildman–Crippen LogP) is 12.4. The van der Waals surface area contributed by atoms with Gasteiger partial charge in [0.15, 0.2) is 0 Å². The van der Waals surface area contributed by atoms with E-state index < -0.39 is 15.6 Å². The molecule has 0 spiro atoms. The predicted molar refractivity (Wildman–Crippen MR) is 298 cm³/mol. The maximum absolute atomic E-state index is 11.9. The summed E-state index contributed by atoms with van der Waals surface area (Å²) in [7, 11) is -1.40. The van der Waals surface area contributed by atoms with Crippen molar-refractivity contribution in [2.45, 2.75) is 213 Å². The van der Waals surface area contributed by atoms with Crippen molar-refractivity contribution in [2.75, 3.05) is 84.9 Å². The molecule has 0 aromatic rings. The minimum absolute atomic E-state index is 0.129. The minimum atomic E-state index is -2.97. The number of likely N-dealkylation sites (tertiary alicyclic amines) is 3. The van der Waals surface area contributed by atoms with Crippen molar-refractivity contribution in [1.29, 1.82) is 5.26 Å². The lowest BCUT2D eigenvalue weighted by Crippen LogP contribution is -2.43. The van der Waals surface area contributed by atoms with Crippen molar-refractivity contribution in [3.05, 3.63) is 0 Å². The second-order valence-corrected chi connectivity index (χ2v) is 28.7. The molecule has 418 valence electrons. The van der Waals surface area contributed by atoms with E-state index in [0.29, 0.717) is 65.8 Å². The van der Waals surface area contributed by atoms with E-state index in [0.717, 1.165) is 94.3 Å². The topological polar surface area (TPSA) is 136 Å². The average Bonchev–Trinajstić information content (AvgIpc) is 3.29. The van der Waals surface area contributed by atoms with E-state index in [-0.39, 0.29) is 18.6 Å². The molecule has 0 aliphatic carbocycles. The number of nitrogens with one attached hydrogen (secondary N) is 1. The van der Waals surface area contributed by atoms with Crippen molar-refractivity contribution < 1.29 is 27.5 Å². The summed E-state index contributed by atoms with van der Waals surface area (Å²) in [5.41, 5.74) is 0.634. The highest BCUT2D eigenvalue weighted by Crippen LogP contribution is 2.37. The smallest absolute Gasteiger partial charge is 0.410 e. The van der Waals surface area contributed by atoms with Gasteiger partial charge in [-0.2, -0.15) is 5.26 Å². The molecule has 0 aromatic carbocycles. The van der Waals surface area contributed by atoms with Crippen LogP contribution in [-0.4, -0.2) is 136 Å². The Labute approximate surface area is 439 Å². The zero-order chi connectivity index (χ0) is 54.4. The van der Waals surface area contributed by atoms with Gasteiger partial charge in [-0.05, 0) is 182 Å². The molecule has 1 N–H and O–H groups in total. The number of carbonyl (C=O) groups excluding carboxylic acids is 2. The maximum Gasteiger partial charge on any atom is 0.410 e. The summed E-state index contributed by atoms with van der Waals surface area (Å²) in [6.45, 7) is 49.4. The number of nitrogens with zero attached hydrogens (tertiary/aromatic N) is 5. The lowest BCUT2D eigenvalue weighted by molar-refractivity contribution is -0.137. The number of ether oxygens (including phenoxy) is 2. The number of nitriles is 1. The molecule has 5 aliphatic heterocycles. The number of hydrogen-bond acceptors (Lipinski definition) is 9. The highest BCUT2D eigenvalue weighted by molar-refractivity contribution is 7.89. The summed E-state index contributed by atoms with van der Waals surface area (Å²) in [5.74, 6) is 6.07. The molecule has 12 nitrogen and oxygen atoms in total. The van der Waals surface area contributed by atoms with Gasteiger partial charge in [-0.1, -0.05) is 96.9 Å². The van der Waals surface area contributed by atoms with Crippen LogP contribution >= 0.6 is 0 Å². The van der Waals surface area contributed by atoms with Gasteiger partial charge in [0.1, 0.15) is 12.2 Å². The molecule has 5 heterocycles. The summed E-state index contributed by atoms with van der Waals surface area (Å²) in [6.07, 6.45) is 13.1. The van der Waals surface area contributed by atoms with Crippen LogP contribution in [0, 0.1) is 69.0 Å². The molecule has 71 heavy (non-hydrogen) atoms. The van der Waals surface area contributed by atoms with Gasteiger partial charge in [-0.15, -0.1) is 0 Å². The molecule has 2 atom stereocenters. The molecular formula is C58H114N6O6S. The van der Waals surface area contributed by atoms with E-state index in [1.54, 1.807) is 11.4 Å². The molecule has 0 radical (unpaired) electrons. The number of sulfonamides is 1. The second-order valence-electron chi connectivity index (χ2n) is 26.6. The quantitative estimate of drug-likeness (QED) is 0.239. The first-order valence-corrected chi connectivity index (χ1v) is 29.9. The molecule has 2 amide bonds. The molecule has 5 fully saturated rings. The Balaban J connectivity index is 0.000000449. The highest BCUT2D eigenvalue weighted by atomic mass is 32.2. The number of methoxy groups -OCH3 is 1. The van der Waals surface area contributed by atoms with E-state index in [9.17, 15) is 18.0 Å². The molecule has 5 rings (SSSR count). The lowest BCUT2D eigenvalue weighted by Gasteiger charge is -2.39. The molecule has 0 bridgehead atoms. The summed E-state index contributed by atoms with van der Waals surface area (Å²) in [6, 6.07) is 2.71. The Hall–Kier alpha value is -1.98. The Morgan fingerprint density at radius 1 is 0.648 bits per heavy atom. The first-order valence-electron chi connectivity index (χ1n) is 28.3. The van der Waals surface area contributed by atoms with Crippen LogP contribution in [0.25, 0.3) is 0 Å². The third-order valence-electron chi connectivity index (χ3n) is 16.1. The summed E-state index contributed by atoms with van der Waals surface area (Å²) in [5, 5.41) is 12.0. The van der Waals surface area contributed by atoms with Gasteiger partial charge in [-0.25, -0.2) is 17.5 Å². The van der Waals surface area contributed by atoms with E-state index >= 15 is 0 Å². The van der Waals surface area contributed by atoms with Gasteiger partial charge in [0.25, 0.3) is 0 Å². The average molecular weight is 1020 g/mol. The van der Waals surface area contributed by atoms with Gasteiger partial charge in [0, 0.05) is 52.4 Å². The largest absolute Gasteiger partial charge is 0.444 e. The van der Waals surface area contributed by atoms with Crippen LogP contribution in [0.5, 0.6) is 0 Å². The van der Waals surface area contributed by atoms with Gasteiger partial charge in [0.05, 0.1) is 18.2 Å². The molecule has 1 unspecified atom stereocenters. The van der Waals surface area contributed by atoms with Crippen molar-refractivity contribution in [3.63, 3.8) is 0 Å². The Kier molecular flexibility index (Phi) is 30.0. The van der Waals surface area contributed by atoms with Crippen LogP contribution in [0.1, 0.15) is 202 Å². The number of piperidine rings is 5. The van der Waals surface area contributed by atoms with Gasteiger partial charge in [-0.3, -0.25) is 9.69 Å². The third-order valence-corrected chi connectivity index (χ3v) is 18.1. The van der Waals surface area contributed by atoms with Crippen molar-refractivity contribution in [1.82, 2.24) is 24.3 Å². The van der Waals surface area contributed by atoms with Crippen LogP contribution in [0.4, 0.5) is 4.79 Å². The third kappa shape index (κ3) is 26.9. The van der Waals surface area contributed by atoms with Gasteiger partial charge < -0.3 is 24.6 Å². The van der Waals surface area contributed by atoms with Gasteiger partial charge in [0.2, 0.25) is 15.9 Å². The van der Waals surface area contributed by atoms with E-state index in [1.165, 1.54) is 51.9 Å². The van der Waals surface area contributed by atoms with Crippen LogP contribution in [0.15, 0.2) is 0 Å². The summed E-state index contributed by atoms with van der Waals surface area (Å²) in [4.78, 5) is 29.7. The molecule has 5 aliphatic rings. The second kappa shape index (κ2) is 31.8. The number of hydrogen-bond donors (Lipinski definition) is 1. The zero-order valence-corrected chi connectivity index (χ0v) is 50.5. The van der Waals surface area contributed by atoms with Crippen LogP contribution < -0.4 is 5.32 Å². The molecule has 0 aromatic heterocycles. The first kappa shape index (κ1) is 67.0. The molecule has 0 saturated carbocycles. The standard InChI is InChI=1S/C14H27NO2.C12H22N2.C12H25NO2S.C12H23NO2.C8H17N/c1-13(2,3)11-7-9-15(10-8-11)12(16)17-14(4,5)6;1-10(2)12-5-8-14(9-6-12)11(3)4-7-13;1-5-10-16(14,15)13-8-6-11(7-9-13)12(2,3)4;1-12(2,3)10-5-7-13(8-6-10)11(14)9-15-4;1-7(2)8-4-3-5-9-6-8/h11H,7-10H2,1-6H3;10-12H,4-6,8-9H2,1-3H3;11H,5-10H2,1-4H3;10H,5-9H2,1-4H3;7-9H,3-6H2,1-2H3/t;;;;8-/m....0/s1. The Bertz CT molecular complexity index is 1600. The normalized spacial score (nSPS) is 21.5. The van der Waals surface area contributed by atoms with Gasteiger partial charge >= 0.3 is 6.09 Å². The highest BCUT2D eigenvalue weighted by Gasteiger charge is 2.34. The number of rotatable bonds is 9. The molecule has 13 heteroatoms. The molecule has 5 saturated heterocycles. The number of amides is 2. The SMILES string of the molecule is CC(C)(C)OC(=O)N1CCC(C(C)(C)C)CC1.CC(C)C1CCN(C(C)CC#N)CC1.CC(C)[C@H]1CCCNC1.CCCS(=O)(=O)N1CCC(C(C)(C)C)CC1.COCC(=O)N1CCC(C(C)(C)C)CC1. The van der Waals surface area contributed by atoms with E-state index in [2.05, 4.69) is 113 Å². The fourth-order valence-electron chi connectivity index (χ4n) is 10.6. The van der Waals surface area contributed by atoms with Crippen molar-refractivity contribution >= 4 is 22.0 Å². The fourth-order valence-corrected chi connectivity index (χ4v) is 12.1. The van der Waals surface area contributed by atoms with Crippen molar-refractivity contribution in [2.24, 2.45) is 57.7 Å². The Morgan fingerprint density at radius 2 is 1.08 bits per heavy atom. The Morgan fingerprint density at radius 3 is 1.42 bits per heavy atom. The van der Waals surface area contributed by atoms with Crippen LogP contribution in [0.3, 0.4) is 0 Å². The lowest BCUT2D eigenvalue weighted by atomic mass is 9.75. The van der Waals surface area contributed by atoms with E-state index in [4.69, 9.17) is 14.7 Å².